The van der Waals surface area contributed by atoms with Crippen LogP contribution in [-0.4, -0.2) is 31.8 Å². The lowest BCUT2D eigenvalue weighted by Gasteiger charge is -2.04. The Morgan fingerprint density at radius 2 is 1.81 bits per heavy atom. The summed E-state index contributed by atoms with van der Waals surface area (Å²) >= 11 is 1.37. The first-order chi connectivity index (χ1) is 12.7. The summed E-state index contributed by atoms with van der Waals surface area (Å²) in [5, 5.41) is 0. The smallest absolute Gasteiger partial charge is 0.263 e. The molecule has 0 radical (unpaired) electrons. The van der Waals surface area contributed by atoms with Crippen molar-refractivity contribution in [1.29, 1.82) is 0 Å². The standard InChI is InChI=1S/C19H20N2O4S2/c1-12-5-10-16-18(13(12)2)21(3)19(26-16)20-17(22)11-27(23,24)15-8-6-14(25-4)7-9-15/h5-10H,11H2,1-4H3. The molecule has 1 heterocycles. The van der Waals surface area contributed by atoms with Crippen LogP contribution in [-0.2, 0) is 21.7 Å². The highest BCUT2D eigenvalue weighted by Crippen LogP contribution is 2.23. The molecule has 1 aromatic heterocycles. The van der Waals surface area contributed by atoms with Crippen molar-refractivity contribution in [3.05, 3.63) is 52.3 Å². The van der Waals surface area contributed by atoms with Gasteiger partial charge in [-0.25, -0.2) is 8.42 Å². The first kappa shape index (κ1) is 19.3. The molecule has 0 unspecified atom stereocenters. The highest BCUT2D eigenvalue weighted by atomic mass is 32.2. The molecular weight excluding hydrogens is 384 g/mol. The molecule has 0 aliphatic heterocycles. The molecule has 0 atom stereocenters. The number of aromatic nitrogens is 1. The van der Waals surface area contributed by atoms with Crippen molar-refractivity contribution < 1.29 is 17.9 Å². The van der Waals surface area contributed by atoms with Crippen molar-refractivity contribution >= 4 is 37.3 Å². The second-order valence-electron chi connectivity index (χ2n) is 6.24. The second kappa shape index (κ2) is 7.28. The van der Waals surface area contributed by atoms with Crippen molar-refractivity contribution in [1.82, 2.24) is 4.57 Å². The molecule has 0 saturated heterocycles. The molecule has 6 nitrogen and oxygen atoms in total. The van der Waals surface area contributed by atoms with Crippen LogP contribution in [0.25, 0.3) is 10.2 Å². The van der Waals surface area contributed by atoms with Gasteiger partial charge in [0, 0.05) is 7.05 Å². The molecule has 3 rings (SSSR count). The first-order valence-electron chi connectivity index (χ1n) is 8.23. The number of sulfone groups is 1. The van der Waals surface area contributed by atoms with Gasteiger partial charge >= 0.3 is 0 Å². The fraction of sp³-hybridized carbons (Fsp3) is 0.263. The van der Waals surface area contributed by atoms with Crippen molar-refractivity contribution in [2.75, 3.05) is 12.9 Å². The fourth-order valence-electron chi connectivity index (χ4n) is 2.80. The van der Waals surface area contributed by atoms with Crippen LogP contribution in [0.2, 0.25) is 0 Å². The van der Waals surface area contributed by atoms with Crippen LogP contribution in [0, 0.1) is 13.8 Å². The summed E-state index contributed by atoms with van der Waals surface area (Å²) in [6.07, 6.45) is 0. The number of nitrogens with zero attached hydrogens (tertiary/aromatic N) is 2. The summed E-state index contributed by atoms with van der Waals surface area (Å²) < 4.78 is 32.8. The lowest BCUT2D eigenvalue weighted by atomic mass is 10.1. The van der Waals surface area contributed by atoms with Gasteiger partial charge in [0.25, 0.3) is 5.91 Å². The highest BCUT2D eigenvalue weighted by Gasteiger charge is 2.19. The lowest BCUT2D eigenvalue weighted by Crippen LogP contribution is -2.19. The molecule has 1 amide bonds. The topological polar surface area (TPSA) is 77.7 Å². The third-order valence-corrected chi connectivity index (χ3v) is 7.16. The third kappa shape index (κ3) is 3.81. The highest BCUT2D eigenvalue weighted by molar-refractivity contribution is 7.92. The van der Waals surface area contributed by atoms with Gasteiger partial charge in [0.05, 0.1) is 22.2 Å². The SMILES string of the molecule is COc1ccc(S(=O)(=O)CC(=O)N=c2sc3ccc(C)c(C)c3n2C)cc1. The Morgan fingerprint density at radius 3 is 2.44 bits per heavy atom. The number of fused-ring (bicyclic) bond motifs is 1. The Bertz CT molecular complexity index is 1190. The van der Waals surface area contributed by atoms with Gasteiger partial charge in [-0.15, -0.1) is 0 Å². The van der Waals surface area contributed by atoms with Crippen molar-refractivity contribution in [3.8, 4) is 5.75 Å². The van der Waals surface area contributed by atoms with Crippen LogP contribution in [0.15, 0.2) is 46.3 Å². The van der Waals surface area contributed by atoms with Gasteiger partial charge < -0.3 is 9.30 Å². The van der Waals surface area contributed by atoms with Crippen LogP contribution in [0.4, 0.5) is 0 Å². The van der Waals surface area contributed by atoms with E-state index in [-0.39, 0.29) is 4.90 Å². The van der Waals surface area contributed by atoms with E-state index in [2.05, 4.69) is 4.99 Å². The van der Waals surface area contributed by atoms with Crippen molar-refractivity contribution in [2.24, 2.45) is 12.0 Å². The summed E-state index contributed by atoms with van der Waals surface area (Å²) in [6.45, 7) is 4.04. The van der Waals surface area contributed by atoms with Crippen LogP contribution >= 0.6 is 11.3 Å². The lowest BCUT2D eigenvalue weighted by molar-refractivity contribution is -0.115. The number of rotatable bonds is 4. The maximum atomic E-state index is 12.5. The van der Waals surface area contributed by atoms with Gasteiger partial charge in [0.2, 0.25) is 0 Å². The molecule has 3 aromatic rings. The monoisotopic (exact) mass is 404 g/mol. The predicted molar refractivity (Wildman–Crippen MR) is 106 cm³/mol. The van der Waals surface area contributed by atoms with E-state index >= 15 is 0 Å². The zero-order valence-corrected chi connectivity index (χ0v) is 17.1. The number of carbonyl (C=O) groups excluding carboxylic acids is 1. The summed E-state index contributed by atoms with van der Waals surface area (Å²) in [7, 11) is -0.437. The number of aryl methyl sites for hydroxylation is 3. The number of thiazole rings is 1. The molecule has 0 saturated carbocycles. The number of benzene rings is 2. The molecule has 8 heteroatoms. The quantitative estimate of drug-likeness (QED) is 0.670. The Morgan fingerprint density at radius 1 is 1.15 bits per heavy atom. The Balaban J connectivity index is 1.93. The van der Waals surface area contributed by atoms with E-state index in [1.165, 1.54) is 30.6 Å². The zero-order chi connectivity index (χ0) is 19.8. The van der Waals surface area contributed by atoms with E-state index in [1.807, 2.05) is 37.6 Å². The fourth-order valence-corrected chi connectivity index (χ4v) is 5.01. The molecule has 2 aromatic carbocycles. The maximum Gasteiger partial charge on any atom is 0.263 e. The Kier molecular flexibility index (Phi) is 5.21. The van der Waals surface area contributed by atoms with E-state index < -0.39 is 21.5 Å². The van der Waals surface area contributed by atoms with Crippen LogP contribution in [0.3, 0.4) is 0 Å². The molecular formula is C19H20N2O4S2. The number of amides is 1. The molecule has 27 heavy (non-hydrogen) atoms. The van der Waals surface area contributed by atoms with Gasteiger partial charge in [0.1, 0.15) is 11.5 Å². The molecule has 0 bridgehead atoms. The summed E-state index contributed by atoms with van der Waals surface area (Å²) in [5.41, 5.74) is 3.27. The molecule has 0 N–H and O–H groups in total. The largest absolute Gasteiger partial charge is 0.497 e. The number of hydrogen-bond donors (Lipinski definition) is 0. The van der Waals surface area contributed by atoms with Gasteiger partial charge in [-0.2, -0.15) is 4.99 Å². The average molecular weight is 405 g/mol. The number of hydrogen-bond acceptors (Lipinski definition) is 5. The van der Waals surface area contributed by atoms with Gasteiger partial charge in [0.15, 0.2) is 14.6 Å². The molecule has 0 aliphatic carbocycles. The number of methoxy groups -OCH3 is 1. The molecule has 142 valence electrons. The Labute approximate surface area is 161 Å². The minimum atomic E-state index is -3.77. The minimum Gasteiger partial charge on any atom is -0.497 e. The first-order valence-corrected chi connectivity index (χ1v) is 10.7. The predicted octanol–water partition coefficient (Wildman–Crippen LogP) is 2.77. The van der Waals surface area contributed by atoms with Crippen molar-refractivity contribution in [3.63, 3.8) is 0 Å². The van der Waals surface area contributed by atoms with Gasteiger partial charge in [-0.1, -0.05) is 17.4 Å². The van der Waals surface area contributed by atoms with Crippen LogP contribution in [0.1, 0.15) is 11.1 Å². The zero-order valence-electron chi connectivity index (χ0n) is 15.5. The average Bonchev–Trinajstić information content (AvgIpc) is 2.94. The van der Waals surface area contributed by atoms with E-state index in [9.17, 15) is 13.2 Å². The number of ether oxygens (including phenoxy) is 1. The normalized spacial score (nSPS) is 12.5. The minimum absolute atomic E-state index is 0.0686. The van der Waals surface area contributed by atoms with Gasteiger partial charge in [-0.3, -0.25) is 4.79 Å². The third-order valence-electron chi connectivity index (χ3n) is 4.44. The van der Waals surface area contributed by atoms with E-state index in [0.29, 0.717) is 10.6 Å². The molecule has 0 fully saturated rings. The second-order valence-corrected chi connectivity index (χ2v) is 9.24. The van der Waals surface area contributed by atoms with Crippen molar-refractivity contribution in [2.45, 2.75) is 18.7 Å². The Hall–Kier alpha value is -2.45. The molecule has 0 spiro atoms. The molecule has 0 aliphatic rings. The summed E-state index contributed by atoms with van der Waals surface area (Å²) in [4.78, 5) is 16.9. The van der Waals surface area contributed by atoms with E-state index in [1.54, 1.807) is 12.1 Å². The summed E-state index contributed by atoms with van der Waals surface area (Å²) in [6, 6.07) is 9.95. The number of carbonyl (C=O) groups is 1. The summed E-state index contributed by atoms with van der Waals surface area (Å²) in [5.74, 6) is -0.818. The van der Waals surface area contributed by atoms with Crippen LogP contribution in [0.5, 0.6) is 5.75 Å². The maximum absolute atomic E-state index is 12.5. The van der Waals surface area contributed by atoms with Gasteiger partial charge in [-0.05, 0) is 55.3 Å². The van der Waals surface area contributed by atoms with E-state index in [4.69, 9.17) is 4.74 Å². The van der Waals surface area contributed by atoms with E-state index in [0.717, 1.165) is 21.3 Å². The van der Waals surface area contributed by atoms with Crippen LogP contribution < -0.4 is 9.54 Å².